The molecule has 0 amide bonds. The lowest BCUT2D eigenvalue weighted by molar-refractivity contribution is -0.151. The topological polar surface area (TPSA) is 58.9 Å². The monoisotopic (exact) mass is 176 g/mol. The summed E-state index contributed by atoms with van der Waals surface area (Å²) >= 11 is 0. The molecule has 4 nitrogen and oxygen atoms in total. The first-order chi connectivity index (χ1) is 5.55. The van der Waals surface area contributed by atoms with Crippen LogP contribution in [0.3, 0.4) is 0 Å². The van der Waals surface area contributed by atoms with Crippen LogP contribution in [0.1, 0.15) is 20.3 Å². The molecule has 4 heteroatoms. The predicted octanol–water partition coefficient (Wildman–Crippen LogP) is -0.119. The molecule has 1 aliphatic rings. The molecular weight excluding hydrogens is 160 g/mol. The van der Waals surface area contributed by atoms with Gasteiger partial charge in [0.2, 0.25) is 0 Å². The number of ether oxygens (including phenoxy) is 2. The first-order valence-corrected chi connectivity index (χ1v) is 4.16. The van der Waals surface area contributed by atoms with Crippen LogP contribution in [-0.2, 0) is 9.47 Å². The molecule has 0 radical (unpaired) electrons. The van der Waals surface area contributed by atoms with Crippen molar-refractivity contribution in [2.45, 2.75) is 38.3 Å². The molecule has 0 aliphatic carbocycles. The van der Waals surface area contributed by atoms with E-state index in [1.807, 2.05) is 0 Å². The fourth-order valence-electron chi connectivity index (χ4n) is 1.22. The van der Waals surface area contributed by atoms with E-state index in [2.05, 4.69) is 0 Å². The van der Waals surface area contributed by atoms with Gasteiger partial charge in [0, 0.05) is 6.61 Å². The molecule has 0 unspecified atom stereocenters. The van der Waals surface area contributed by atoms with Gasteiger partial charge in [-0.05, 0) is 20.3 Å². The Morgan fingerprint density at radius 1 is 1.58 bits per heavy atom. The van der Waals surface area contributed by atoms with Crippen molar-refractivity contribution in [2.24, 2.45) is 0 Å². The molecular formula is C8H16O4. The van der Waals surface area contributed by atoms with E-state index in [1.165, 1.54) is 0 Å². The molecule has 0 bridgehead atoms. The third kappa shape index (κ3) is 2.42. The predicted molar refractivity (Wildman–Crippen MR) is 42.6 cm³/mol. The lowest BCUT2D eigenvalue weighted by Gasteiger charge is -2.19. The number of aliphatic hydroxyl groups excluding tert-OH is 2. The smallest absolute Gasteiger partial charge is 0.163 e. The van der Waals surface area contributed by atoms with Gasteiger partial charge in [-0.2, -0.15) is 0 Å². The minimum absolute atomic E-state index is 0.0263. The van der Waals surface area contributed by atoms with E-state index in [1.54, 1.807) is 13.8 Å². The highest BCUT2D eigenvalue weighted by atomic mass is 16.7. The van der Waals surface area contributed by atoms with Crippen LogP contribution in [0.25, 0.3) is 0 Å². The third-order valence-electron chi connectivity index (χ3n) is 1.88. The summed E-state index contributed by atoms with van der Waals surface area (Å²) in [6, 6.07) is 0. The maximum Gasteiger partial charge on any atom is 0.163 e. The fourth-order valence-corrected chi connectivity index (χ4v) is 1.22. The zero-order valence-corrected chi connectivity index (χ0v) is 7.49. The highest BCUT2D eigenvalue weighted by Crippen LogP contribution is 2.24. The molecule has 0 aromatic heterocycles. The summed E-state index contributed by atoms with van der Waals surface area (Å²) in [5.41, 5.74) is 0. The van der Waals surface area contributed by atoms with E-state index in [0.717, 1.165) is 0 Å². The second-order valence-electron chi connectivity index (χ2n) is 3.45. The van der Waals surface area contributed by atoms with Crippen LogP contribution in [-0.4, -0.2) is 41.4 Å². The zero-order valence-electron chi connectivity index (χ0n) is 7.49. The molecule has 1 aliphatic heterocycles. The Balaban J connectivity index is 2.36. The van der Waals surface area contributed by atoms with Crippen molar-refractivity contribution < 1.29 is 19.7 Å². The summed E-state index contributed by atoms with van der Waals surface area (Å²) in [6.45, 7) is 3.98. The number of aliphatic hydroxyl groups is 2. The SMILES string of the molecule is CC1(C)OC[C@H]([C@H](O)CCO)O1. The van der Waals surface area contributed by atoms with E-state index in [0.29, 0.717) is 13.0 Å². The molecule has 2 N–H and O–H groups in total. The Morgan fingerprint density at radius 3 is 2.67 bits per heavy atom. The quantitative estimate of drug-likeness (QED) is 0.629. The van der Waals surface area contributed by atoms with Crippen molar-refractivity contribution >= 4 is 0 Å². The summed E-state index contributed by atoms with van der Waals surface area (Å²) in [4.78, 5) is 0. The molecule has 1 saturated heterocycles. The Bertz CT molecular complexity index is 146. The van der Waals surface area contributed by atoms with Crippen LogP contribution >= 0.6 is 0 Å². The summed E-state index contributed by atoms with van der Waals surface area (Å²) < 4.78 is 10.6. The van der Waals surface area contributed by atoms with Crippen molar-refractivity contribution in [1.82, 2.24) is 0 Å². The standard InChI is InChI=1S/C8H16O4/c1-8(2)11-5-7(12-8)6(10)3-4-9/h6-7,9-10H,3-5H2,1-2H3/t6-,7-/m1/s1. The van der Waals surface area contributed by atoms with Crippen LogP contribution in [0.5, 0.6) is 0 Å². The maximum atomic E-state index is 9.42. The van der Waals surface area contributed by atoms with E-state index >= 15 is 0 Å². The highest BCUT2D eigenvalue weighted by Gasteiger charge is 2.36. The van der Waals surface area contributed by atoms with Crippen LogP contribution < -0.4 is 0 Å². The van der Waals surface area contributed by atoms with Crippen molar-refractivity contribution in [1.29, 1.82) is 0 Å². The Morgan fingerprint density at radius 2 is 2.25 bits per heavy atom. The summed E-state index contributed by atoms with van der Waals surface area (Å²) in [5, 5.41) is 18.0. The molecule has 1 rings (SSSR count). The van der Waals surface area contributed by atoms with Crippen LogP contribution in [0, 0.1) is 0 Å². The largest absolute Gasteiger partial charge is 0.396 e. The van der Waals surface area contributed by atoms with Crippen LogP contribution in [0.15, 0.2) is 0 Å². The van der Waals surface area contributed by atoms with E-state index in [-0.39, 0.29) is 12.7 Å². The number of rotatable bonds is 3. The van der Waals surface area contributed by atoms with Gasteiger partial charge in [0.25, 0.3) is 0 Å². The van der Waals surface area contributed by atoms with Crippen molar-refractivity contribution in [3.8, 4) is 0 Å². The Labute approximate surface area is 72.1 Å². The molecule has 0 aromatic carbocycles. The summed E-state index contributed by atoms with van der Waals surface area (Å²) in [6.07, 6.45) is -0.590. The van der Waals surface area contributed by atoms with Gasteiger partial charge in [-0.3, -0.25) is 0 Å². The van der Waals surface area contributed by atoms with Gasteiger partial charge in [0.15, 0.2) is 5.79 Å². The van der Waals surface area contributed by atoms with Crippen molar-refractivity contribution in [3.63, 3.8) is 0 Å². The molecule has 72 valence electrons. The zero-order chi connectivity index (χ0) is 9.19. The van der Waals surface area contributed by atoms with Gasteiger partial charge in [0.1, 0.15) is 6.10 Å². The first kappa shape index (κ1) is 9.92. The maximum absolute atomic E-state index is 9.42. The van der Waals surface area contributed by atoms with Crippen LogP contribution in [0.4, 0.5) is 0 Å². The Hall–Kier alpha value is -0.160. The van der Waals surface area contributed by atoms with Gasteiger partial charge in [-0.1, -0.05) is 0 Å². The van der Waals surface area contributed by atoms with Gasteiger partial charge in [-0.15, -0.1) is 0 Å². The number of hydrogen-bond donors (Lipinski definition) is 2. The minimum atomic E-state index is -0.628. The average Bonchev–Trinajstić information content (AvgIpc) is 2.31. The Kier molecular flexibility index (Phi) is 3.06. The lowest BCUT2D eigenvalue weighted by atomic mass is 10.1. The van der Waals surface area contributed by atoms with Gasteiger partial charge in [-0.25, -0.2) is 0 Å². The third-order valence-corrected chi connectivity index (χ3v) is 1.88. The second-order valence-corrected chi connectivity index (χ2v) is 3.45. The van der Waals surface area contributed by atoms with Crippen LogP contribution in [0.2, 0.25) is 0 Å². The molecule has 12 heavy (non-hydrogen) atoms. The average molecular weight is 176 g/mol. The minimum Gasteiger partial charge on any atom is -0.396 e. The highest BCUT2D eigenvalue weighted by molar-refractivity contribution is 4.77. The summed E-state index contributed by atoms with van der Waals surface area (Å²) in [7, 11) is 0. The lowest BCUT2D eigenvalue weighted by Crippen LogP contribution is -2.31. The van der Waals surface area contributed by atoms with Gasteiger partial charge >= 0.3 is 0 Å². The van der Waals surface area contributed by atoms with Gasteiger partial charge in [0.05, 0.1) is 12.7 Å². The molecule has 1 fully saturated rings. The molecule has 1 heterocycles. The van der Waals surface area contributed by atoms with Crippen molar-refractivity contribution in [2.75, 3.05) is 13.2 Å². The summed E-state index contributed by atoms with van der Waals surface area (Å²) in [5.74, 6) is -0.596. The van der Waals surface area contributed by atoms with Crippen molar-refractivity contribution in [3.05, 3.63) is 0 Å². The molecule has 0 spiro atoms. The number of hydrogen-bond acceptors (Lipinski definition) is 4. The molecule has 2 atom stereocenters. The second kappa shape index (κ2) is 3.70. The first-order valence-electron chi connectivity index (χ1n) is 4.16. The molecule has 0 saturated carbocycles. The fraction of sp³-hybridized carbons (Fsp3) is 1.00. The van der Waals surface area contributed by atoms with E-state index in [9.17, 15) is 5.11 Å². The van der Waals surface area contributed by atoms with E-state index < -0.39 is 11.9 Å². The van der Waals surface area contributed by atoms with Gasteiger partial charge < -0.3 is 19.7 Å². The molecule has 0 aromatic rings. The van der Waals surface area contributed by atoms with E-state index in [4.69, 9.17) is 14.6 Å². The normalized spacial score (nSPS) is 30.5.